The first-order chi connectivity index (χ1) is 11.1. The first-order valence-electron chi connectivity index (χ1n) is 7.95. The topological polar surface area (TPSA) is 66.3 Å². The molecule has 1 saturated heterocycles. The molecule has 3 rings (SSSR count). The molecule has 1 aliphatic heterocycles. The van der Waals surface area contributed by atoms with Gasteiger partial charge in [0.25, 0.3) is 0 Å². The number of carboxylic acid groups (broad SMARTS) is 1. The Balaban J connectivity index is 1.68. The Morgan fingerprint density at radius 3 is 2.65 bits per heavy atom. The molecule has 5 heteroatoms. The summed E-state index contributed by atoms with van der Waals surface area (Å²) in [5.74, 6) is -0.265. The lowest BCUT2D eigenvalue weighted by Gasteiger charge is -2.29. The van der Waals surface area contributed by atoms with E-state index >= 15 is 0 Å². The Kier molecular flexibility index (Phi) is 4.67. The molecular formula is C18H21N3O2. The molecule has 23 heavy (non-hydrogen) atoms. The Morgan fingerprint density at radius 1 is 1.26 bits per heavy atom. The monoisotopic (exact) mass is 311 g/mol. The molecule has 120 valence electrons. The highest BCUT2D eigenvalue weighted by atomic mass is 16.4. The normalized spacial score (nSPS) is 18.7. The van der Waals surface area contributed by atoms with E-state index in [1.165, 1.54) is 19.4 Å². The second kappa shape index (κ2) is 6.87. The fourth-order valence-corrected chi connectivity index (χ4v) is 3.13. The highest BCUT2D eigenvalue weighted by Gasteiger charge is 2.18. The number of likely N-dealkylation sites (tertiary alicyclic amines) is 1. The lowest BCUT2D eigenvalue weighted by atomic mass is 9.94. The average Bonchev–Trinajstić information content (AvgIpc) is 2.56. The Hall–Kier alpha value is -2.27. The van der Waals surface area contributed by atoms with Gasteiger partial charge in [-0.2, -0.15) is 0 Å². The first-order valence-corrected chi connectivity index (χ1v) is 7.95. The van der Waals surface area contributed by atoms with Crippen molar-refractivity contribution in [2.45, 2.75) is 19.3 Å². The van der Waals surface area contributed by atoms with Gasteiger partial charge in [0.15, 0.2) is 0 Å². The van der Waals surface area contributed by atoms with Crippen LogP contribution in [0.1, 0.15) is 28.9 Å². The summed E-state index contributed by atoms with van der Waals surface area (Å²) >= 11 is 0. The highest BCUT2D eigenvalue weighted by molar-refractivity contribution is 5.88. The molecule has 5 nitrogen and oxygen atoms in total. The summed E-state index contributed by atoms with van der Waals surface area (Å²) in [6.45, 7) is 2.31. The van der Waals surface area contributed by atoms with Crippen LogP contribution >= 0.6 is 0 Å². The van der Waals surface area contributed by atoms with Gasteiger partial charge in [-0.25, -0.2) is 4.79 Å². The SMILES string of the molecule is CN1CCC[C@@H](Cc2cnc(-c3ccc(C(=O)O)cc3)cn2)C1. The van der Waals surface area contributed by atoms with E-state index in [4.69, 9.17) is 5.11 Å². The number of carbonyl (C=O) groups is 1. The molecule has 1 aromatic carbocycles. The van der Waals surface area contributed by atoms with Gasteiger partial charge in [0.05, 0.1) is 23.1 Å². The van der Waals surface area contributed by atoms with Crippen LogP contribution in [0.25, 0.3) is 11.3 Å². The maximum Gasteiger partial charge on any atom is 0.335 e. The summed E-state index contributed by atoms with van der Waals surface area (Å²) in [5, 5.41) is 8.93. The Labute approximate surface area is 136 Å². The van der Waals surface area contributed by atoms with Gasteiger partial charge in [0, 0.05) is 18.3 Å². The predicted octanol–water partition coefficient (Wildman–Crippen LogP) is 2.73. The third kappa shape index (κ3) is 3.93. The van der Waals surface area contributed by atoms with Gasteiger partial charge < -0.3 is 10.0 Å². The van der Waals surface area contributed by atoms with Crippen LogP contribution in [0.3, 0.4) is 0 Å². The second-order valence-electron chi connectivity index (χ2n) is 6.25. The zero-order valence-corrected chi connectivity index (χ0v) is 13.3. The quantitative estimate of drug-likeness (QED) is 0.940. The van der Waals surface area contributed by atoms with Crippen LogP contribution in [0.4, 0.5) is 0 Å². The number of nitrogens with zero attached hydrogens (tertiary/aromatic N) is 3. The highest BCUT2D eigenvalue weighted by Crippen LogP contribution is 2.20. The number of hydrogen-bond donors (Lipinski definition) is 1. The minimum atomic E-state index is -0.921. The van der Waals surface area contributed by atoms with Crippen molar-refractivity contribution in [2.75, 3.05) is 20.1 Å². The second-order valence-corrected chi connectivity index (χ2v) is 6.25. The van der Waals surface area contributed by atoms with Crippen LogP contribution in [-0.2, 0) is 6.42 Å². The number of aromatic carboxylic acids is 1. The molecule has 1 N–H and O–H groups in total. The van der Waals surface area contributed by atoms with Crippen LogP contribution in [0.5, 0.6) is 0 Å². The lowest BCUT2D eigenvalue weighted by molar-refractivity contribution is 0.0697. The number of hydrogen-bond acceptors (Lipinski definition) is 4. The van der Waals surface area contributed by atoms with E-state index in [2.05, 4.69) is 21.9 Å². The number of piperidine rings is 1. The predicted molar refractivity (Wildman–Crippen MR) is 88.4 cm³/mol. The van der Waals surface area contributed by atoms with Crippen LogP contribution in [-0.4, -0.2) is 46.1 Å². The maximum absolute atomic E-state index is 10.9. The van der Waals surface area contributed by atoms with Gasteiger partial charge in [-0.05, 0) is 50.9 Å². The Bertz CT molecular complexity index is 668. The zero-order chi connectivity index (χ0) is 16.2. The number of benzene rings is 1. The molecule has 1 atom stereocenters. The molecular weight excluding hydrogens is 290 g/mol. The summed E-state index contributed by atoms with van der Waals surface area (Å²) in [5.41, 5.74) is 2.95. The zero-order valence-electron chi connectivity index (χ0n) is 13.3. The van der Waals surface area contributed by atoms with Gasteiger partial charge >= 0.3 is 5.97 Å². The van der Waals surface area contributed by atoms with Gasteiger partial charge in [-0.1, -0.05) is 12.1 Å². The molecule has 0 unspecified atom stereocenters. The van der Waals surface area contributed by atoms with Crippen molar-refractivity contribution in [1.82, 2.24) is 14.9 Å². The molecule has 1 aromatic heterocycles. The van der Waals surface area contributed by atoms with Gasteiger partial charge in [0.1, 0.15) is 0 Å². The van der Waals surface area contributed by atoms with Crippen LogP contribution in [0.15, 0.2) is 36.7 Å². The van der Waals surface area contributed by atoms with E-state index in [0.29, 0.717) is 5.92 Å². The molecule has 2 aromatic rings. The van der Waals surface area contributed by atoms with Crippen molar-refractivity contribution in [3.63, 3.8) is 0 Å². The van der Waals surface area contributed by atoms with E-state index in [9.17, 15) is 4.79 Å². The molecule has 0 bridgehead atoms. The number of aromatic nitrogens is 2. The third-order valence-electron chi connectivity index (χ3n) is 4.35. The van der Waals surface area contributed by atoms with Crippen molar-refractivity contribution in [3.05, 3.63) is 47.9 Å². The molecule has 1 aliphatic rings. The lowest BCUT2D eigenvalue weighted by Crippen LogP contribution is -2.33. The minimum Gasteiger partial charge on any atom is -0.478 e. The average molecular weight is 311 g/mol. The fraction of sp³-hybridized carbons (Fsp3) is 0.389. The van der Waals surface area contributed by atoms with E-state index in [1.54, 1.807) is 30.5 Å². The molecule has 2 heterocycles. The summed E-state index contributed by atoms with van der Waals surface area (Å²) < 4.78 is 0. The molecule has 0 saturated carbocycles. The first kappa shape index (κ1) is 15.6. The van der Waals surface area contributed by atoms with Crippen molar-refractivity contribution in [2.24, 2.45) is 5.92 Å². The van der Waals surface area contributed by atoms with E-state index in [0.717, 1.165) is 29.9 Å². The minimum absolute atomic E-state index is 0.278. The van der Waals surface area contributed by atoms with Gasteiger partial charge in [-0.15, -0.1) is 0 Å². The summed E-state index contributed by atoms with van der Waals surface area (Å²) in [6.07, 6.45) is 7.09. The Morgan fingerprint density at radius 2 is 2.04 bits per heavy atom. The maximum atomic E-state index is 10.9. The molecule has 1 fully saturated rings. The van der Waals surface area contributed by atoms with E-state index < -0.39 is 5.97 Å². The molecule has 0 spiro atoms. The summed E-state index contributed by atoms with van der Waals surface area (Å²) in [4.78, 5) is 22.3. The molecule has 0 amide bonds. The van der Waals surface area contributed by atoms with Crippen molar-refractivity contribution >= 4 is 5.97 Å². The van der Waals surface area contributed by atoms with Gasteiger partial charge in [-0.3, -0.25) is 9.97 Å². The van der Waals surface area contributed by atoms with Crippen molar-refractivity contribution in [1.29, 1.82) is 0 Å². The smallest absolute Gasteiger partial charge is 0.335 e. The largest absolute Gasteiger partial charge is 0.478 e. The van der Waals surface area contributed by atoms with Crippen molar-refractivity contribution in [3.8, 4) is 11.3 Å². The molecule has 0 aliphatic carbocycles. The fourth-order valence-electron chi connectivity index (χ4n) is 3.13. The third-order valence-corrected chi connectivity index (χ3v) is 4.35. The van der Waals surface area contributed by atoms with Crippen LogP contribution in [0, 0.1) is 5.92 Å². The van der Waals surface area contributed by atoms with Crippen LogP contribution in [0.2, 0.25) is 0 Å². The van der Waals surface area contributed by atoms with E-state index in [1.807, 2.05) is 6.20 Å². The molecule has 0 radical (unpaired) electrons. The van der Waals surface area contributed by atoms with E-state index in [-0.39, 0.29) is 5.56 Å². The van der Waals surface area contributed by atoms with Crippen molar-refractivity contribution < 1.29 is 9.90 Å². The van der Waals surface area contributed by atoms with Gasteiger partial charge in [0.2, 0.25) is 0 Å². The number of rotatable bonds is 4. The van der Waals surface area contributed by atoms with Crippen LogP contribution < -0.4 is 0 Å². The number of carboxylic acids is 1. The summed E-state index contributed by atoms with van der Waals surface area (Å²) in [7, 11) is 2.17. The standard InChI is InChI=1S/C18H21N3O2/c1-21-8-2-3-13(12-21)9-16-10-20-17(11-19-16)14-4-6-15(7-5-14)18(22)23/h4-7,10-11,13H,2-3,8-9,12H2,1H3,(H,22,23)/t13-/m0/s1. The summed E-state index contributed by atoms with van der Waals surface area (Å²) in [6, 6.07) is 6.71.